The Labute approximate surface area is 171 Å². The first-order valence-electron chi connectivity index (χ1n) is 9.09. The minimum atomic E-state index is -4.82. The number of nitro groups is 1. The number of nitro benzene ring substituents is 1. The number of carbonyl (C=O) groups is 1. The maximum atomic E-state index is 12.9. The highest BCUT2D eigenvalue weighted by atomic mass is 19.4. The molecule has 4 rings (SSSR count). The van der Waals surface area contributed by atoms with E-state index in [2.05, 4.69) is 4.74 Å². The van der Waals surface area contributed by atoms with E-state index >= 15 is 0 Å². The largest absolute Gasteiger partial charge is 0.573 e. The predicted octanol–water partition coefficient (Wildman–Crippen LogP) is 3.38. The zero-order valence-corrected chi connectivity index (χ0v) is 15.7. The fraction of sp³-hybridized carbons (Fsp3) is 0.263. The first-order chi connectivity index (χ1) is 14.6. The second kappa shape index (κ2) is 7.45. The van der Waals surface area contributed by atoms with Gasteiger partial charge >= 0.3 is 12.1 Å². The van der Waals surface area contributed by atoms with Crippen LogP contribution in [0.25, 0.3) is 11.1 Å². The summed E-state index contributed by atoms with van der Waals surface area (Å²) in [7, 11) is 0. The first kappa shape index (κ1) is 20.4. The molecule has 0 bridgehead atoms. The second-order valence-electron chi connectivity index (χ2n) is 6.85. The Hall–Kier alpha value is -3.83. The van der Waals surface area contributed by atoms with Crippen molar-refractivity contribution in [2.45, 2.75) is 25.7 Å². The topological polar surface area (TPSA) is 108 Å². The summed E-state index contributed by atoms with van der Waals surface area (Å²) in [6.45, 7) is -0.0782. The van der Waals surface area contributed by atoms with Gasteiger partial charge in [0, 0.05) is 18.3 Å². The molecule has 1 aliphatic heterocycles. The fourth-order valence-electron chi connectivity index (χ4n) is 3.57. The van der Waals surface area contributed by atoms with Gasteiger partial charge in [-0.25, -0.2) is 4.79 Å². The molecule has 0 unspecified atom stereocenters. The van der Waals surface area contributed by atoms with E-state index in [0.29, 0.717) is 30.6 Å². The molecule has 0 saturated heterocycles. The zero-order valence-electron chi connectivity index (χ0n) is 15.7. The van der Waals surface area contributed by atoms with E-state index in [4.69, 9.17) is 4.42 Å². The minimum Gasteiger partial charge on any atom is -0.407 e. The van der Waals surface area contributed by atoms with Crippen LogP contribution in [0.3, 0.4) is 0 Å². The van der Waals surface area contributed by atoms with Gasteiger partial charge < -0.3 is 14.1 Å². The summed E-state index contributed by atoms with van der Waals surface area (Å²) in [5, 5.41) is 10.9. The second-order valence-corrected chi connectivity index (χ2v) is 6.85. The standard InChI is InChI=1S/C19H14F3N3O6/c20-19(21,22)31-13-4-6-14-11(8-13)2-1-7-23(14)17(26)10-24-15-5-3-12(25(28)29)9-16(15)30-18(24)27/h3-6,8-9H,1-2,7,10H2. The monoisotopic (exact) mass is 437 g/mol. The molecule has 1 aliphatic rings. The van der Waals surface area contributed by atoms with Gasteiger partial charge in [-0.15, -0.1) is 13.2 Å². The molecule has 0 fully saturated rings. The van der Waals surface area contributed by atoms with Crippen molar-refractivity contribution in [1.29, 1.82) is 0 Å². The van der Waals surface area contributed by atoms with E-state index in [1.165, 1.54) is 29.2 Å². The SMILES string of the molecule is O=C(Cn1c(=O)oc2cc([N+](=O)[O-])ccc21)N1CCCc2cc(OC(F)(F)F)ccc21. The van der Waals surface area contributed by atoms with E-state index in [0.717, 1.165) is 16.7 Å². The minimum absolute atomic E-state index is 0.0278. The number of aromatic nitrogens is 1. The van der Waals surface area contributed by atoms with Crippen molar-refractivity contribution in [3.63, 3.8) is 0 Å². The van der Waals surface area contributed by atoms with Gasteiger partial charge in [-0.1, -0.05) is 0 Å². The van der Waals surface area contributed by atoms with E-state index < -0.39 is 29.5 Å². The van der Waals surface area contributed by atoms with E-state index in [1.54, 1.807) is 0 Å². The average molecular weight is 437 g/mol. The van der Waals surface area contributed by atoms with Crippen LogP contribution in [0, 0.1) is 10.1 Å². The number of benzene rings is 2. The maximum absolute atomic E-state index is 12.9. The average Bonchev–Trinajstić information content (AvgIpc) is 3.00. The summed E-state index contributed by atoms with van der Waals surface area (Å²) in [5.74, 6) is -1.71. The van der Waals surface area contributed by atoms with Crippen LogP contribution >= 0.6 is 0 Å². The number of non-ortho nitro benzene ring substituents is 1. The number of anilines is 1. The third-order valence-corrected chi connectivity index (χ3v) is 4.86. The highest BCUT2D eigenvalue weighted by molar-refractivity contribution is 5.95. The van der Waals surface area contributed by atoms with Crippen molar-refractivity contribution in [2.24, 2.45) is 0 Å². The van der Waals surface area contributed by atoms with Crippen LogP contribution in [-0.4, -0.2) is 28.3 Å². The number of oxazole rings is 1. The quantitative estimate of drug-likeness (QED) is 0.457. The van der Waals surface area contributed by atoms with E-state index in [9.17, 15) is 32.9 Å². The molecule has 3 aromatic rings. The molecule has 2 heterocycles. The van der Waals surface area contributed by atoms with Gasteiger partial charge in [0.1, 0.15) is 12.3 Å². The highest BCUT2D eigenvalue weighted by Crippen LogP contribution is 2.33. The number of hydrogen-bond donors (Lipinski definition) is 0. The van der Waals surface area contributed by atoms with Crippen LogP contribution in [0.5, 0.6) is 5.75 Å². The van der Waals surface area contributed by atoms with Crippen molar-refractivity contribution < 1.29 is 32.0 Å². The van der Waals surface area contributed by atoms with E-state index in [1.807, 2.05) is 0 Å². The van der Waals surface area contributed by atoms with Gasteiger partial charge in [0.25, 0.3) is 5.69 Å². The number of fused-ring (bicyclic) bond motifs is 2. The van der Waals surface area contributed by atoms with Gasteiger partial charge in [0.2, 0.25) is 5.91 Å². The van der Waals surface area contributed by atoms with Crippen LogP contribution < -0.4 is 15.4 Å². The summed E-state index contributed by atoms with van der Waals surface area (Å²) in [4.78, 5) is 36.7. The predicted molar refractivity (Wildman–Crippen MR) is 101 cm³/mol. The number of hydrogen-bond acceptors (Lipinski definition) is 6. The molecule has 0 atom stereocenters. The first-order valence-corrected chi connectivity index (χ1v) is 9.09. The van der Waals surface area contributed by atoms with E-state index in [-0.39, 0.29) is 22.5 Å². The smallest absolute Gasteiger partial charge is 0.407 e. The summed E-state index contributed by atoms with van der Waals surface area (Å²) in [5.41, 5.74) is 0.875. The van der Waals surface area contributed by atoms with Gasteiger partial charge in [-0.2, -0.15) is 0 Å². The zero-order chi connectivity index (χ0) is 22.3. The maximum Gasteiger partial charge on any atom is 0.573 e. The van der Waals surface area contributed by atoms with Crippen molar-refractivity contribution in [2.75, 3.05) is 11.4 Å². The Morgan fingerprint density at radius 1 is 1.23 bits per heavy atom. The highest BCUT2D eigenvalue weighted by Gasteiger charge is 2.32. The molecule has 9 nitrogen and oxygen atoms in total. The number of rotatable bonds is 4. The Morgan fingerprint density at radius 2 is 2.00 bits per heavy atom. The Bertz CT molecular complexity index is 1250. The molecule has 0 saturated carbocycles. The van der Waals surface area contributed by atoms with Crippen molar-refractivity contribution in [3.8, 4) is 5.75 Å². The van der Waals surface area contributed by atoms with Gasteiger partial charge in [-0.3, -0.25) is 19.5 Å². The molecule has 0 N–H and O–H groups in total. The lowest BCUT2D eigenvalue weighted by molar-refractivity contribution is -0.384. The van der Waals surface area contributed by atoms with Gasteiger partial charge in [0.15, 0.2) is 5.58 Å². The number of alkyl halides is 3. The summed E-state index contributed by atoms with van der Waals surface area (Å²) >= 11 is 0. The molecular weight excluding hydrogens is 423 g/mol. The van der Waals surface area contributed by atoms with Crippen LogP contribution in [0.4, 0.5) is 24.5 Å². The Kier molecular flexibility index (Phi) is 4.91. The Balaban J connectivity index is 1.61. The molecular formula is C19H14F3N3O6. The van der Waals surface area contributed by atoms with Crippen molar-refractivity contribution >= 4 is 28.4 Å². The number of carbonyl (C=O) groups excluding carboxylic acids is 1. The third kappa shape index (κ3) is 4.09. The molecule has 162 valence electrons. The van der Waals surface area contributed by atoms with Gasteiger partial charge in [-0.05, 0) is 42.7 Å². The van der Waals surface area contributed by atoms with Gasteiger partial charge in [0.05, 0.1) is 16.5 Å². The lowest BCUT2D eigenvalue weighted by atomic mass is 10.0. The fourth-order valence-corrected chi connectivity index (χ4v) is 3.57. The summed E-state index contributed by atoms with van der Waals surface area (Å²) < 4.78 is 47.4. The lowest BCUT2D eigenvalue weighted by Crippen LogP contribution is -2.39. The molecule has 1 amide bonds. The Morgan fingerprint density at radius 3 is 2.71 bits per heavy atom. The normalized spacial score (nSPS) is 13.8. The molecule has 31 heavy (non-hydrogen) atoms. The summed E-state index contributed by atoms with van der Waals surface area (Å²) in [6, 6.07) is 7.33. The van der Waals surface area contributed by atoms with Crippen LogP contribution in [-0.2, 0) is 17.8 Å². The van der Waals surface area contributed by atoms with Crippen LogP contribution in [0.15, 0.2) is 45.6 Å². The lowest BCUT2D eigenvalue weighted by Gasteiger charge is -2.30. The number of aryl methyl sites for hydroxylation is 1. The summed E-state index contributed by atoms with van der Waals surface area (Å²) in [6.07, 6.45) is -3.84. The molecule has 0 spiro atoms. The van der Waals surface area contributed by atoms with Crippen LogP contribution in [0.1, 0.15) is 12.0 Å². The molecule has 12 heteroatoms. The van der Waals surface area contributed by atoms with Crippen molar-refractivity contribution in [1.82, 2.24) is 4.57 Å². The van der Waals surface area contributed by atoms with Crippen molar-refractivity contribution in [3.05, 3.63) is 62.6 Å². The number of ether oxygens (including phenoxy) is 1. The number of halogens is 3. The molecule has 1 aromatic heterocycles. The molecule has 0 aliphatic carbocycles. The number of amides is 1. The molecule has 2 aromatic carbocycles. The molecule has 0 radical (unpaired) electrons. The number of nitrogens with zero attached hydrogens (tertiary/aromatic N) is 3. The van der Waals surface area contributed by atoms with Crippen LogP contribution in [0.2, 0.25) is 0 Å². The third-order valence-electron chi connectivity index (χ3n) is 4.86.